The monoisotopic (exact) mass is 281 g/mol. The minimum absolute atomic E-state index is 0.185. The number of amides is 1. The van der Waals surface area contributed by atoms with Crippen molar-refractivity contribution in [2.75, 3.05) is 39.2 Å². The van der Waals surface area contributed by atoms with Gasteiger partial charge in [-0.25, -0.2) is 0 Å². The molecular weight excluding hydrogens is 258 g/mol. The number of nitrogens with one attached hydrogen (secondary N) is 1. The van der Waals surface area contributed by atoms with Gasteiger partial charge in [-0.2, -0.15) is 0 Å². The predicted octanol–water partition coefficient (Wildman–Crippen LogP) is 1.15. The van der Waals surface area contributed by atoms with Crippen LogP contribution in [0, 0.1) is 6.92 Å². The fourth-order valence-electron chi connectivity index (χ4n) is 1.64. The third-order valence-electron chi connectivity index (χ3n) is 2.75. The molecule has 0 unspecified atom stereocenters. The minimum Gasteiger partial charge on any atom is -0.398 e. The number of ether oxygens (including phenoxy) is 2. The van der Waals surface area contributed by atoms with E-state index in [0.29, 0.717) is 37.6 Å². The molecule has 0 aliphatic heterocycles. The summed E-state index contributed by atoms with van der Waals surface area (Å²) in [5, 5.41) is 2.82. The molecule has 1 aromatic heterocycles. The number of hydrogen-bond acceptors (Lipinski definition) is 5. The normalized spacial score (nSPS) is 10.5. The maximum Gasteiger partial charge on any atom is 0.254 e. The molecule has 1 heterocycles. The Hall–Kier alpha value is -1.66. The van der Waals surface area contributed by atoms with Crippen molar-refractivity contribution in [2.24, 2.45) is 0 Å². The van der Waals surface area contributed by atoms with Crippen molar-refractivity contribution in [3.05, 3.63) is 23.5 Å². The smallest absolute Gasteiger partial charge is 0.254 e. The first-order valence-electron chi connectivity index (χ1n) is 6.72. The van der Waals surface area contributed by atoms with Crippen molar-refractivity contribution in [3.63, 3.8) is 0 Å². The van der Waals surface area contributed by atoms with Gasteiger partial charge in [0.25, 0.3) is 5.91 Å². The second-order valence-electron chi connectivity index (χ2n) is 4.48. The highest BCUT2D eigenvalue weighted by Gasteiger charge is 2.09. The second-order valence-corrected chi connectivity index (χ2v) is 4.48. The van der Waals surface area contributed by atoms with E-state index in [0.717, 1.165) is 18.5 Å². The summed E-state index contributed by atoms with van der Waals surface area (Å²) in [6.45, 7) is 4.32. The third-order valence-corrected chi connectivity index (χ3v) is 2.75. The Bertz CT molecular complexity index is 424. The number of carbonyl (C=O) groups is 1. The first-order valence-corrected chi connectivity index (χ1v) is 6.72. The lowest BCUT2D eigenvalue weighted by Gasteiger charge is -2.08. The number of hydrogen-bond donors (Lipinski definition) is 2. The summed E-state index contributed by atoms with van der Waals surface area (Å²) < 4.78 is 10.2. The van der Waals surface area contributed by atoms with Crippen molar-refractivity contribution in [1.82, 2.24) is 10.3 Å². The highest BCUT2D eigenvalue weighted by molar-refractivity contribution is 5.98. The summed E-state index contributed by atoms with van der Waals surface area (Å²) in [5.41, 5.74) is 7.47. The first-order chi connectivity index (χ1) is 9.65. The number of aromatic nitrogens is 1. The van der Waals surface area contributed by atoms with Crippen molar-refractivity contribution < 1.29 is 14.3 Å². The maximum atomic E-state index is 11.9. The Morgan fingerprint density at radius 2 is 2.15 bits per heavy atom. The average Bonchev–Trinajstić information content (AvgIpc) is 2.41. The lowest BCUT2D eigenvalue weighted by atomic mass is 10.2. The van der Waals surface area contributed by atoms with Gasteiger partial charge >= 0.3 is 0 Å². The number of aryl methyl sites for hydroxylation is 1. The highest BCUT2D eigenvalue weighted by Crippen LogP contribution is 2.10. The number of methoxy groups -OCH3 is 1. The topological polar surface area (TPSA) is 86.5 Å². The summed E-state index contributed by atoms with van der Waals surface area (Å²) >= 11 is 0. The number of nitrogens with two attached hydrogens (primary N) is 1. The van der Waals surface area contributed by atoms with Gasteiger partial charge < -0.3 is 20.5 Å². The Kier molecular flexibility index (Phi) is 7.60. The maximum absolute atomic E-state index is 11.9. The largest absolute Gasteiger partial charge is 0.398 e. The third kappa shape index (κ3) is 5.99. The average molecular weight is 281 g/mol. The molecule has 0 aliphatic rings. The van der Waals surface area contributed by atoms with Gasteiger partial charge in [0.1, 0.15) is 0 Å². The van der Waals surface area contributed by atoms with Crippen LogP contribution in [0.4, 0.5) is 5.69 Å². The molecule has 1 aromatic rings. The molecule has 0 radical (unpaired) electrons. The molecule has 0 aromatic carbocycles. The number of rotatable bonds is 9. The van der Waals surface area contributed by atoms with Gasteiger partial charge in [0.2, 0.25) is 0 Å². The summed E-state index contributed by atoms with van der Waals surface area (Å²) in [7, 11) is 1.64. The number of nitrogens with zero attached hydrogens (tertiary/aromatic N) is 1. The summed E-state index contributed by atoms with van der Waals surface area (Å²) in [6, 6.07) is 1.69. The number of pyridine rings is 1. The van der Waals surface area contributed by atoms with Crippen molar-refractivity contribution in [2.45, 2.75) is 19.8 Å². The molecule has 20 heavy (non-hydrogen) atoms. The molecule has 1 rings (SSSR count). The standard InChI is InChI=1S/C14H23N3O3/c1-11-9-13(15)12(10-17-11)14(18)16-5-3-4-6-20-8-7-19-2/h9-10H,3-8H2,1-2H3,(H2,15,17)(H,16,18). The van der Waals surface area contributed by atoms with Crippen molar-refractivity contribution >= 4 is 11.6 Å². The molecule has 0 fully saturated rings. The molecule has 112 valence electrons. The van der Waals surface area contributed by atoms with Crippen LogP contribution >= 0.6 is 0 Å². The first kappa shape index (κ1) is 16.4. The Balaban J connectivity index is 2.17. The van der Waals surface area contributed by atoms with Crippen LogP contribution in [0.25, 0.3) is 0 Å². The van der Waals surface area contributed by atoms with Gasteiger partial charge in [-0.15, -0.1) is 0 Å². The van der Waals surface area contributed by atoms with Crippen LogP contribution in [0.15, 0.2) is 12.3 Å². The van der Waals surface area contributed by atoms with Gasteiger partial charge in [-0.1, -0.05) is 0 Å². The van der Waals surface area contributed by atoms with Crippen molar-refractivity contribution in [1.29, 1.82) is 0 Å². The minimum atomic E-state index is -0.185. The van der Waals surface area contributed by atoms with Crippen LogP contribution in [0.3, 0.4) is 0 Å². The number of nitrogen functional groups attached to an aromatic ring is 1. The molecule has 6 heteroatoms. The molecule has 1 amide bonds. The van der Waals surface area contributed by atoms with E-state index in [4.69, 9.17) is 15.2 Å². The van der Waals surface area contributed by atoms with E-state index in [9.17, 15) is 4.79 Å². The molecule has 0 spiro atoms. The lowest BCUT2D eigenvalue weighted by Crippen LogP contribution is -2.25. The zero-order chi connectivity index (χ0) is 14.8. The summed E-state index contributed by atoms with van der Waals surface area (Å²) in [5.74, 6) is -0.185. The Labute approximate surface area is 119 Å². The zero-order valence-electron chi connectivity index (χ0n) is 12.1. The molecule has 0 atom stereocenters. The van der Waals surface area contributed by atoms with Crippen LogP contribution in [0.5, 0.6) is 0 Å². The second kappa shape index (κ2) is 9.28. The number of carbonyl (C=O) groups excluding carboxylic acids is 1. The quantitative estimate of drug-likeness (QED) is 0.663. The highest BCUT2D eigenvalue weighted by atomic mass is 16.5. The van der Waals surface area contributed by atoms with Gasteiger partial charge in [-0.05, 0) is 25.8 Å². The van der Waals surface area contributed by atoms with Gasteiger partial charge in [0.05, 0.1) is 18.8 Å². The molecule has 3 N–H and O–H groups in total. The number of unbranched alkanes of at least 4 members (excludes halogenated alkanes) is 1. The summed E-state index contributed by atoms with van der Waals surface area (Å²) in [6.07, 6.45) is 3.26. The molecule has 0 saturated heterocycles. The predicted molar refractivity (Wildman–Crippen MR) is 77.6 cm³/mol. The SMILES string of the molecule is COCCOCCCCNC(=O)c1cnc(C)cc1N. The van der Waals surface area contributed by atoms with E-state index in [1.807, 2.05) is 6.92 Å². The van der Waals surface area contributed by atoms with E-state index in [1.165, 1.54) is 6.20 Å². The molecular formula is C14H23N3O3. The zero-order valence-corrected chi connectivity index (χ0v) is 12.1. The Morgan fingerprint density at radius 3 is 2.85 bits per heavy atom. The van der Waals surface area contributed by atoms with Gasteiger partial charge in [0.15, 0.2) is 0 Å². The van der Waals surface area contributed by atoms with Crippen LogP contribution in [0.2, 0.25) is 0 Å². The van der Waals surface area contributed by atoms with E-state index in [2.05, 4.69) is 10.3 Å². The van der Waals surface area contributed by atoms with E-state index in [1.54, 1.807) is 13.2 Å². The van der Waals surface area contributed by atoms with Gasteiger partial charge in [0, 0.05) is 37.8 Å². The lowest BCUT2D eigenvalue weighted by molar-refractivity contribution is 0.0686. The van der Waals surface area contributed by atoms with E-state index < -0.39 is 0 Å². The van der Waals surface area contributed by atoms with Crippen LogP contribution < -0.4 is 11.1 Å². The Morgan fingerprint density at radius 1 is 1.35 bits per heavy atom. The molecule has 0 saturated carbocycles. The molecule has 6 nitrogen and oxygen atoms in total. The van der Waals surface area contributed by atoms with Gasteiger partial charge in [-0.3, -0.25) is 9.78 Å². The molecule has 0 bridgehead atoms. The number of anilines is 1. The molecule has 0 aliphatic carbocycles. The van der Waals surface area contributed by atoms with Crippen molar-refractivity contribution in [3.8, 4) is 0 Å². The summed E-state index contributed by atoms with van der Waals surface area (Å²) in [4.78, 5) is 15.9. The fraction of sp³-hybridized carbons (Fsp3) is 0.571. The van der Waals surface area contributed by atoms with Crippen LogP contribution in [0.1, 0.15) is 28.9 Å². The van der Waals surface area contributed by atoms with Crippen LogP contribution in [-0.2, 0) is 9.47 Å². The van der Waals surface area contributed by atoms with E-state index in [-0.39, 0.29) is 5.91 Å². The van der Waals surface area contributed by atoms with E-state index >= 15 is 0 Å². The van der Waals surface area contributed by atoms with Crippen LogP contribution in [-0.4, -0.2) is 44.4 Å². The fourth-order valence-corrected chi connectivity index (χ4v) is 1.64.